The summed E-state index contributed by atoms with van der Waals surface area (Å²) < 4.78 is 18.1. The van der Waals surface area contributed by atoms with Gasteiger partial charge in [-0.1, -0.05) is 32.8 Å². The van der Waals surface area contributed by atoms with Gasteiger partial charge in [-0.05, 0) is 111 Å². The highest BCUT2D eigenvalue weighted by Gasteiger charge is 2.59. The van der Waals surface area contributed by atoms with Gasteiger partial charge in [0.05, 0.1) is 6.10 Å². The number of ether oxygens (including phenoxy) is 3. The molecule has 0 aromatic rings. The first-order valence-corrected chi connectivity index (χ1v) is 14.6. The molecule has 0 N–H and O–H groups in total. The van der Waals surface area contributed by atoms with Crippen molar-refractivity contribution in [3.63, 3.8) is 0 Å². The Morgan fingerprint density at radius 3 is 2.53 bits per heavy atom. The van der Waals surface area contributed by atoms with Gasteiger partial charge in [-0.3, -0.25) is 4.79 Å². The largest absolute Gasteiger partial charge is 0.378 e. The molecule has 0 aromatic carbocycles. The molecule has 0 amide bonds. The van der Waals surface area contributed by atoms with Crippen molar-refractivity contribution in [1.82, 2.24) is 0 Å². The number of carbonyl (C=O) groups is 1. The third-order valence-corrected chi connectivity index (χ3v) is 10.8. The Morgan fingerprint density at radius 2 is 1.74 bits per heavy atom. The number of hydrogen-bond donors (Lipinski definition) is 0. The van der Waals surface area contributed by atoms with Crippen LogP contribution >= 0.6 is 0 Å². The zero-order valence-corrected chi connectivity index (χ0v) is 21.8. The van der Waals surface area contributed by atoms with Gasteiger partial charge in [0.25, 0.3) is 0 Å². The number of carbonyl (C=O) groups excluding carboxylic acids is 1. The summed E-state index contributed by atoms with van der Waals surface area (Å²) in [6.45, 7) is 7.63. The number of ketones is 1. The zero-order valence-electron chi connectivity index (χ0n) is 21.8. The van der Waals surface area contributed by atoms with Crippen LogP contribution < -0.4 is 0 Å². The van der Waals surface area contributed by atoms with Gasteiger partial charge in [0.15, 0.2) is 12.1 Å². The molecule has 4 heteroatoms. The lowest BCUT2D eigenvalue weighted by atomic mass is 9.46. The second kappa shape index (κ2) is 10.7. The quantitative estimate of drug-likeness (QED) is 0.344. The topological polar surface area (TPSA) is 44.8 Å². The first-order chi connectivity index (χ1) is 16.5. The second-order valence-corrected chi connectivity index (χ2v) is 12.6. The van der Waals surface area contributed by atoms with E-state index < -0.39 is 0 Å². The van der Waals surface area contributed by atoms with Crippen LogP contribution in [0.1, 0.15) is 104 Å². The SMILES string of the molecule is C[C@]12C=CC(=O)C[C@@H]1CC[C@@H]1[C@@H]2CC[C@]2(C)[C@@H](OCCCCCCOC3CCCCO3)CC[C@@H]12. The average molecular weight is 473 g/mol. The minimum absolute atomic E-state index is 0.0532. The maximum Gasteiger partial charge on any atom is 0.157 e. The molecule has 0 spiro atoms. The van der Waals surface area contributed by atoms with E-state index in [2.05, 4.69) is 19.9 Å². The zero-order chi connectivity index (χ0) is 23.6. The van der Waals surface area contributed by atoms with Crippen LogP contribution in [0.2, 0.25) is 0 Å². The molecule has 1 saturated heterocycles. The molecule has 192 valence electrons. The van der Waals surface area contributed by atoms with E-state index in [9.17, 15) is 4.79 Å². The summed E-state index contributed by atoms with van der Waals surface area (Å²) in [5.74, 6) is 3.30. The molecule has 5 aliphatic rings. The molecular formula is C30H48O4. The Kier molecular flexibility index (Phi) is 7.87. The number of allylic oxidation sites excluding steroid dienone is 2. The van der Waals surface area contributed by atoms with Crippen LogP contribution in [0, 0.1) is 34.5 Å². The average Bonchev–Trinajstić information content (AvgIpc) is 3.18. The first-order valence-electron chi connectivity index (χ1n) is 14.6. The molecule has 0 bridgehead atoms. The Morgan fingerprint density at radius 1 is 0.912 bits per heavy atom. The number of fused-ring (bicyclic) bond motifs is 5. The lowest BCUT2D eigenvalue weighted by molar-refractivity contribution is -0.162. The van der Waals surface area contributed by atoms with Crippen LogP contribution in [-0.4, -0.2) is 38.0 Å². The molecule has 0 radical (unpaired) electrons. The van der Waals surface area contributed by atoms with Crippen LogP contribution in [0.3, 0.4) is 0 Å². The Bertz CT molecular complexity index is 727. The van der Waals surface area contributed by atoms with Gasteiger partial charge in [-0.2, -0.15) is 0 Å². The maximum absolute atomic E-state index is 12.0. The third kappa shape index (κ3) is 4.93. The summed E-state index contributed by atoms with van der Waals surface area (Å²) in [4.78, 5) is 12.0. The van der Waals surface area contributed by atoms with Crippen LogP contribution in [-0.2, 0) is 19.0 Å². The molecule has 0 aromatic heterocycles. The predicted molar refractivity (Wildman–Crippen MR) is 134 cm³/mol. The normalized spacial score (nSPS) is 43.9. The lowest BCUT2D eigenvalue weighted by Crippen LogP contribution is -2.53. The predicted octanol–water partition coefficient (Wildman–Crippen LogP) is 6.86. The third-order valence-electron chi connectivity index (χ3n) is 10.8. The standard InChI is InChI=1S/C30H48O4/c1-29-16-14-23(31)21-22(29)10-11-24-25-12-13-27(30(25,2)17-15-26(24)29)32-18-6-3-4-7-19-33-28-9-5-8-20-34-28/h14,16,22,24-28H,3-13,15,17-21H2,1-2H3/t22-,24-,25-,26-,27-,28?,29-,30-/m0/s1. The maximum atomic E-state index is 12.0. The van der Waals surface area contributed by atoms with E-state index in [1.165, 1.54) is 70.6 Å². The molecule has 1 unspecified atom stereocenters. The van der Waals surface area contributed by atoms with Gasteiger partial charge in [-0.25, -0.2) is 0 Å². The Labute approximate surface area is 207 Å². The van der Waals surface area contributed by atoms with Crippen molar-refractivity contribution in [3.05, 3.63) is 12.2 Å². The van der Waals surface area contributed by atoms with E-state index >= 15 is 0 Å². The van der Waals surface area contributed by atoms with Crippen LogP contribution in [0.4, 0.5) is 0 Å². The Hall–Kier alpha value is -0.710. The second-order valence-electron chi connectivity index (χ2n) is 12.6. The molecule has 3 saturated carbocycles. The molecule has 4 nitrogen and oxygen atoms in total. The first kappa shape index (κ1) is 25.0. The highest BCUT2D eigenvalue weighted by Crippen LogP contribution is 2.65. The fraction of sp³-hybridized carbons (Fsp3) is 0.900. The molecule has 1 heterocycles. The van der Waals surface area contributed by atoms with Gasteiger partial charge in [0.1, 0.15) is 0 Å². The highest BCUT2D eigenvalue weighted by molar-refractivity contribution is 5.91. The fourth-order valence-electron chi connectivity index (χ4n) is 8.70. The van der Waals surface area contributed by atoms with Gasteiger partial charge in [0, 0.05) is 26.2 Å². The molecule has 8 atom stereocenters. The van der Waals surface area contributed by atoms with Crippen LogP contribution in [0.5, 0.6) is 0 Å². The van der Waals surface area contributed by atoms with Crippen molar-refractivity contribution in [2.45, 2.75) is 116 Å². The summed E-state index contributed by atoms with van der Waals surface area (Å²) in [5.41, 5.74) is 0.594. The van der Waals surface area contributed by atoms with Gasteiger partial charge < -0.3 is 14.2 Å². The van der Waals surface area contributed by atoms with Crippen LogP contribution in [0.15, 0.2) is 12.2 Å². The van der Waals surface area contributed by atoms with E-state index in [0.29, 0.717) is 23.2 Å². The van der Waals surface area contributed by atoms with Crippen molar-refractivity contribution >= 4 is 5.78 Å². The summed E-state index contributed by atoms with van der Waals surface area (Å²) in [7, 11) is 0. The minimum atomic E-state index is 0.0532. The van der Waals surface area contributed by atoms with Crippen molar-refractivity contribution in [3.8, 4) is 0 Å². The van der Waals surface area contributed by atoms with E-state index in [1.807, 2.05) is 6.08 Å². The molecule has 4 fully saturated rings. The molecule has 5 rings (SSSR count). The van der Waals surface area contributed by atoms with E-state index in [1.54, 1.807) is 0 Å². The van der Waals surface area contributed by atoms with Gasteiger partial charge in [-0.15, -0.1) is 0 Å². The molecule has 34 heavy (non-hydrogen) atoms. The summed E-state index contributed by atoms with van der Waals surface area (Å²) in [6, 6.07) is 0. The van der Waals surface area contributed by atoms with E-state index in [-0.39, 0.29) is 11.7 Å². The minimum Gasteiger partial charge on any atom is -0.378 e. The van der Waals surface area contributed by atoms with Crippen LogP contribution in [0.25, 0.3) is 0 Å². The van der Waals surface area contributed by atoms with Gasteiger partial charge >= 0.3 is 0 Å². The highest BCUT2D eigenvalue weighted by atomic mass is 16.7. The summed E-state index contributed by atoms with van der Waals surface area (Å²) in [5, 5.41) is 0. The Balaban J connectivity index is 1.05. The number of unbranched alkanes of at least 4 members (excludes halogenated alkanes) is 3. The summed E-state index contributed by atoms with van der Waals surface area (Å²) >= 11 is 0. The van der Waals surface area contributed by atoms with E-state index in [4.69, 9.17) is 14.2 Å². The fourth-order valence-corrected chi connectivity index (χ4v) is 8.70. The van der Waals surface area contributed by atoms with Gasteiger partial charge in [0.2, 0.25) is 0 Å². The number of rotatable bonds is 9. The van der Waals surface area contributed by atoms with Crippen molar-refractivity contribution in [1.29, 1.82) is 0 Å². The van der Waals surface area contributed by atoms with Crippen molar-refractivity contribution in [2.24, 2.45) is 34.5 Å². The monoisotopic (exact) mass is 472 g/mol. The lowest BCUT2D eigenvalue weighted by Gasteiger charge is -2.58. The molecular weight excluding hydrogens is 424 g/mol. The van der Waals surface area contributed by atoms with Crippen molar-refractivity contribution < 1.29 is 19.0 Å². The molecule has 4 aliphatic carbocycles. The number of hydrogen-bond acceptors (Lipinski definition) is 4. The van der Waals surface area contributed by atoms with Crippen molar-refractivity contribution in [2.75, 3.05) is 19.8 Å². The molecule has 1 aliphatic heterocycles. The smallest absolute Gasteiger partial charge is 0.157 e. The summed E-state index contributed by atoms with van der Waals surface area (Å²) in [6.07, 6.45) is 21.5. The van der Waals surface area contributed by atoms with E-state index in [0.717, 1.165) is 56.8 Å².